The normalized spacial score (nSPS) is 17.3. The highest BCUT2D eigenvalue weighted by Crippen LogP contribution is 2.20. The summed E-state index contributed by atoms with van der Waals surface area (Å²) in [5.74, 6) is 0.478. The summed E-state index contributed by atoms with van der Waals surface area (Å²) >= 11 is 0. The molecule has 1 fully saturated rings. The average molecular weight is 210 g/mol. The molecule has 84 valence electrons. The van der Waals surface area contributed by atoms with E-state index < -0.39 is 0 Å². The molecule has 0 saturated heterocycles. The zero-order valence-electron chi connectivity index (χ0n) is 8.93. The summed E-state index contributed by atoms with van der Waals surface area (Å²) in [6, 6.07) is 0. The predicted octanol–water partition coefficient (Wildman–Crippen LogP) is 1.21. The fraction of sp³-hybridized carbons (Fsp3) is 0.800. The maximum Gasteiger partial charge on any atom is 0.165 e. The molecule has 0 atom stereocenters. The van der Waals surface area contributed by atoms with E-state index in [1.54, 1.807) is 10.9 Å². The standard InChI is InChI=1S/C10H18N4O/c11-10-8-14(13-12-10)6-3-7-15-9-4-1-2-5-9/h8-9H,1-7,11H2. The first kappa shape index (κ1) is 10.4. The van der Waals surface area contributed by atoms with E-state index in [2.05, 4.69) is 10.3 Å². The number of aryl methyl sites for hydroxylation is 1. The van der Waals surface area contributed by atoms with Crippen molar-refractivity contribution in [1.82, 2.24) is 15.0 Å². The van der Waals surface area contributed by atoms with Gasteiger partial charge < -0.3 is 10.5 Å². The van der Waals surface area contributed by atoms with Gasteiger partial charge in [0, 0.05) is 13.2 Å². The van der Waals surface area contributed by atoms with Gasteiger partial charge in [-0.05, 0) is 19.3 Å². The molecule has 1 aromatic rings. The van der Waals surface area contributed by atoms with Gasteiger partial charge in [-0.3, -0.25) is 4.68 Å². The van der Waals surface area contributed by atoms with Crippen molar-refractivity contribution >= 4 is 5.82 Å². The zero-order valence-corrected chi connectivity index (χ0v) is 8.93. The van der Waals surface area contributed by atoms with E-state index in [4.69, 9.17) is 10.5 Å². The van der Waals surface area contributed by atoms with Gasteiger partial charge >= 0.3 is 0 Å². The van der Waals surface area contributed by atoms with Gasteiger partial charge in [0.25, 0.3) is 0 Å². The van der Waals surface area contributed by atoms with E-state index in [1.807, 2.05) is 0 Å². The lowest BCUT2D eigenvalue weighted by Crippen LogP contribution is -2.10. The van der Waals surface area contributed by atoms with Crippen LogP contribution in [0.4, 0.5) is 5.82 Å². The second-order valence-corrected chi connectivity index (χ2v) is 4.04. The summed E-state index contributed by atoms with van der Waals surface area (Å²) in [5, 5.41) is 7.59. The van der Waals surface area contributed by atoms with Crippen molar-refractivity contribution in [2.45, 2.75) is 44.8 Å². The minimum atomic E-state index is 0.478. The molecule has 5 heteroatoms. The highest BCUT2D eigenvalue weighted by molar-refractivity contribution is 5.19. The quantitative estimate of drug-likeness (QED) is 0.742. The summed E-state index contributed by atoms with van der Waals surface area (Å²) in [6.07, 6.45) is 8.33. The van der Waals surface area contributed by atoms with Crippen LogP contribution in [-0.2, 0) is 11.3 Å². The van der Waals surface area contributed by atoms with Gasteiger partial charge in [0.1, 0.15) is 0 Å². The summed E-state index contributed by atoms with van der Waals surface area (Å²) in [4.78, 5) is 0. The highest BCUT2D eigenvalue weighted by atomic mass is 16.5. The van der Waals surface area contributed by atoms with Crippen LogP contribution in [-0.4, -0.2) is 27.7 Å². The van der Waals surface area contributed by atoms with Crippen LogP contribution in [0, 0.1) is 0 Å². The van der Waals surface area contributed by atoms with Crippen LogP contribution in [0.5, 0.6) is 0 Å². The monoisotopic (exact) mass is 210 g/mol. The molecule has 1 aliphatic carbocycles. The molecule has 5 nitrogen and oxygen atoms in total. The summed E-state index contributed by atoms with van der Waals surface area (Å²) in [5.41, 5.74) is 5.46. The lowest BCUT2D eigenvalue weighted by atomic mass is 10.3. The molecule has 0 radical (unpaired) electrons. The molecule has 0 amide bonds. The molecule has 15 heavy (non-hydrogen) atoms. The molecule has 0 unspecified atom stereocenters. The second-order valence-electron chi connectivity index (χ2n) is 4.04. The van der Waals surface area contributed by atoms with Crippen LogP contribution >= 0.6 is 0 Å². The van der Waals surface area contributed by atoms with Crippen molar-refractivity contribution < 1.29 is 4.74 Å². The van der Waals surface area contributed by atoms with Gasteiger partial charge in [0.2, 0.25) is 0 Å². The van der Waals surface area contributed by atoms with Crippen LogP contribution < -0.4 is 5.73 Å². The molecule has 0 spiro atoms. The van der Waals surface area contributed by atoms with E-state index in [0.29, 0.717) is 11.9 Å². The lowest BCUT2D eigenvalue weighted by molar-refractivity contribution is 0.0544. The Balaban J connectivity index is 1.58. The first-order valence-corrected chi connectivity index (χ1v) is 5.62. The fourth-order valence-electron chi connectivity index (χ4n) is 1.95. The van der Waals surface area contributed by atoms with Crippen LogP contribution in [0.15, 0.2) is 6.20 Å². The van der Waals surface area contributed by atoms with Crippen molar-refractivity contribution in [2.75, 3.05) is 12.3 Å². The Labute approximate surface area is 89.6 Å². The molecular formula is C10H18N4O. The van der Waals surface area contributed by atoms with E-state index >= 15 is 0 Å². The van der Waals surface area contributed by atoms with Crippen molar-refractivity contribution in [3.8, 4) is 0 Å². The Hall–Kier alpha value is -1.10. The highest BCUT2D eigenvalue weighted by Gasteiger charge is 2.14. The van der Waals surface area contributed by atoms with E-state index in [-0.39, 0.29) is 0 Å². The number of nitrogens with two attached hydrogens (primary N) is 1. The number of rotatable bonds is 5. The Morgan fingerprint density at radius 3 is 2.93 bits per heavy atom. The first-order valence-electron chi connectivity index (χ1n) is 5.62. The van der Waals surface area contributed by atoms with Gasteiger partial charge in [0.05, 0.1) is 12.3 Å². The number of hydrogen-bond acceptors (Lipinski definition) is 4. The lowest BCUT2D eigenvalue weighted by Gasteiger charge is -2.10. The minimum Gasteiger partial charge on any atom is -0.381 e. The van der Waals surface area contributed by atoms with Crippen molar-refractivity contribution in [3.63, 3.8) is 0 Å². The maximum atomic E-state index is 5.74. The molecular weight excluding hydrogens is 192 g/mol. The van der Waals surface area contributed by atoms with Crippen LogP contribution in [0.1, 0.15) is 32.1 Å². The molecule has 0 bridgehead atoms. The van der Waals surface area contributed by atoms with E-state index in [1.165, 1.54) is 25.7 Å². The van der Waals surface area contributed by atoms with Gasteiger partial charge in [0.15, 0.2) is 5.82 Å². The van der Waals surface area contributed by atoms with Crippen LogP contribution in [0.3, 0.4) is 0 Å². The molecule has 1 aromatic heterocycles. The number of nitrogens with zero attached hydrogens (tertiary/aromatic N) is 3. The molecule has 1 aliphatic rings. The zero-order chi connectivity index (χ0) is 10.5. The number of hydrogen-bond donors (Lipinski definition) is 1. The van der Waals surface area contributed by atoms with E-state index in [9.17, 15) is 0 Å². The molecule has 1 heterocycles. The van der Waals surface area contributed by atoms with Crippen LogP contribution in [0.2, 0.25) is 0 Å². The third-order valence-electron chi connectivity index (χ3n) is 2.74. The Morgan fingerprint density at radius 1 is 1.47 bits per heavy atom. The number of aromatic nitrogens is 3. The smallest absolute Gasteiger partial charge is 0.165 e. The fourth-order valence-corrected chi connectivity index (χ4v) is 1.95. The van der Waals surface area contributed by atoms with Crippen molar-refractivity contribution in [2.24, 2.45) is 0 Å². The Morgan fingerprint density at radius 2 is 2.27 bits per heavy atom. The molecule has 0 aliphatic heterocycles. The first-order chi connectivity index (χ1) is 7.34. The number of anilines is 1. The average Bonchev–Trinajstić information content (AvgIpc) is 2.84. The molecule has 1 saturated carbocycles. The third-order valence-corrected chi connectivity index (χ3v) is 2.74. The largest absolute Gasteiger partial charge is 0.381 e. The maximum absolute atomic E-state index is 5.74. The van der Waals surface area contributed by atoms with Crippen molar-refractivity contribution in [1.29, 1.82) is 0 Å². The summed E-state index contributed by atoms with van der Waals surface area (Å²) in [6.45, 7) is 1.64. The Bertz CT molecular complexity index is 293. The molecule has 2 rings (SSSR count). The molecule has 2 N–H and O–H groups in total. The number of ether oxygens (including phenoxy) is 1. The van der Waals surface area contributed by atoms with Crippen molar-refractivity contribution in [3.05, 3.63) is 6.20 Å². The SMILES string of the molecule is Nc1cn(CCCOC2CCCC2)nn1. The van der Waals surface area contributed by atoms with Gasteiger partial charge in [-0.2, -0.15) is 0 Å². The van der Waals surface area contributed by atoms with Gasteiger partial charge in [-0.15, -0.1) is 5.10 Å². The second kappa shape index (κ2) is 5.11. The predicted molar refractivity (Wildman–Crippen MR) is 57.3 cm³/mol. The topological polar surface area (TPSA) is 66.0 Å². The van der Waals surface area contributed by atoms with E-state index in [0.717, 1.165) is 19.6 Å². The van der Waals surface area contributed by atoms with Gasteiger partial charge in [-0.25, -0.2) is 0 Å². The summed E-state index contributed by atoms with van der Waals surface area (Å²) < 4.78 is 7.50. The van der Waals surface area contributed by atoms with Gasteiger partial charge in [-0.1, -0.05) is 18.1 Å². The third kappa shape index (κ3) is 3.20. The minimum absolute atomic E-state index is 0.478. The summed E-state index contributed by atoms with van der Waals surface area (Å²) in [7, 11) is 0. The Kier molecular flexibility index (Phi) is 3.55. The number of nitrogen functional groups attached to an aromatic ring is 1. The van der Waals surface area contributed by atoms with Crippen LogP contribution in [0.25, 0.3) is 0 Å². The molecule has 0 aromatic carbocycles.